The lowest BCUT2D eigenvalue weighted by molar-refractivity contribution is 0.0109. The summed E-state index contributed by atoms with van der Waals surface area (Å²) in [6, 6.07) is 16.9. The van der Waals surface area contributed by atoms with E-state index in [0.717, 1.165) is 46.2 Å². The maximum atomic E-state index is 11.1. The van der Waals surface area contributed by atoms with Crippen molar-refractivity contribution >= 4 is 17.4 Å². The van der Waals surface area contributed by atoms with Crippen LogP contribution >= 0.6 is 0 Å². The fourth-order valence-corrected chi connectivity index (χ4v) is 5.86. The van der Waals surface area contributed by atoms with Crippen molar-refractivity contribution < 1.29 is 19.7 Å². The molecule has 7 heteroatoms. The van der Waals surface area contributed by atoms with Gasteiger partial charge in [0.1, 0.15) is 30.0 Å². The number of benzene rings is 3. The van der Waals surface area contributed by atoms with Crippen molar-refractivity contribution in [3.05, 3.63) is 100 Å². The minimum Gasteiger partial charge on any atom is -0.507 e. The summed E-state index contributed by atoms with van der Waals surface area (Å²) in [4.78, 5) is 9.46. The molecule has 1 atom stereocenters. The lowest BCUT2D eigenvalue weighted by Crippen LogP contribution is -2.23. The van der Waals surface area contributed by atoms with E-state index in [0.29, 0.717) is 23.6 Å². The van der Waals surface area contributed by atoms with E-state index >= 15 is 0 Å². The first-order valence-corrected chi connectivity index (χ1v) is 18.1. The molecule has 0 aliphatic rings. The van der Waals surface area contributed by atoms with Crippen LogP contribution in [0.4, 0.5) is 0 Å². The van der Waals surface area contributed by atoms with E-state index in [-0.39, 0.29) is 30.6 Å². The van der Waals surface area contributed by atoms with E-state index in [1.165, 1.54) is 63.9 Å². The zero-order chi connectivity index (χ0) is 35.6. The van der Waals surface area contributed by atoms with E-state index < -0.39 is 6.10 Å². The Balaban J connectivity index is 1.57. The summed E-state index contributed by atoms with van der Waals surface area (Å²) in [5, 5.41) is 21.5. The second-order valence-corrected chi connectivity index (χ2v) is 13.3. The molecule has 0 saturated heterocycles. The molecule has 266 valence electrons. The van der Waals surface area contributed by atoms with Gasteiger partial charge < -0.3 is 25.4 Å². The Morgan fingerprint density at radius 1 is 0.714 bits per heavy atom. The molecule has 1 unspecified atom stereocenters. The second kappa shape index (κ2) is 21.2. The maximum absolute atomic E-state index is 11.1. The zero-order valence-corrected chi connectivity index (χ0v) is 30.6. The summed E-state index contributed by atoms with van der Waals surface area (Å²) in [5.74, 6) is 0.830. The summed E-state index contributed by atoms with van der Waals surface area (Å²) in [5.41, 5.74) is 13.3. The minimum atomic E-state index is -0.783. The van der Waals surface area contributed by atoms with Crippen molar-refractivity contribution in [2.24, 2.45) is 15.7 Å². The number of rotatable bonds is 21. The van der Waals surface area contributed by atoms with Crippen molar-refractivity contribution in [2.75, 3.05) is 19.8 Å². The minimum absolute atomic E-state index is 0.0410. The Labute approximate surface area is 295 Å². The molecule has 0 aliphatic heterocycles. The number of unbranched alkanes of at least 4 members (excludes halogenated alkanes) is 10. The Morgan fingerprint density at radius 2 is 1.27 bits per heavy atom. The van der Waals surface area contributed by atoms with Gasteiger partial charge in [-0.3, -0.25) is 0 Å². The van der Waals surface area contributed by atoms with Crippen LogP contribution in [0.3, 0.4) is 0 Å². The maximum Gasteiger partial charge on any atom is 0.165 e. The summed E-state index contributed by atoms with van der Waals surface area (Å²) in [6.45, 7) is 15.4. The Hall–Kier alpha value is -3.94. The first-order valence-electron chi connectivity index (χ1n) is 18.1. The van der Waals surface area contributed by atoms with Gasteiger partial charge in [-0.2, -0.15) is 0 Å². The molecule has 0 bridgehead atoms. The van der Waals surface area contributed by atoms with Gasteiger partial charge in [-0.1, -0.05) is 125 Å². The number of hydrogen-bond acceptors (Lipinski definition) is 5. The highest BCUT2D eigenvalue weighted by molar-refractivity contribution is 6.13. The van der Waals surface area contributed by atoms with E-state index in [1.54, 1.807) is 12.1 Å². The monoisotopic (exact) mass is 669 g/mol. The number of amidine groups is 2. The third kappa shape index (κ3) is 13.8. The van der Waals surface area contributed by atoms with Gasteiger partial charge in [-0.05, 0) is 57.4 Å². The molecule has 0 aromatic heterocycles. The molecule has 0 aliphatic carbocycles. The Kier molecular flexibility index (Phi) is 17.1. The zero-order valence-electron chi connectivity index (χ0n) is 30.6. The van der Waals surface area contributed by atoms with Gasteiger partial charge in [0, 0.05) is 23.8 Å². The van der Waals surface area contributed by atoms with Gasteiger partial charge in [0.25, 0.3) is 0 Å². The SMILES string of the molecule is C=C(N=C(N=C(N)c1ccc(C)cc1C)c1ccc(OCC(O)COCCCCCCCCCCCCC)cc1O)c1ccc(C)cc1C. The molecule has 0 spiro atoms. The number of phenols is 1. The predicted octanol–water partition coefficient (Wildman–Crippen LogP) is 9.52. The number of phenolic OH excluding ortho intramolecular Hbond substituents is 1. The number of aromatic hydroxyl groups is 1. The van der Waals surface area contributed by atoms with Crippen molar-refractivity contribution in [1.29, 1.82) is 0 Å². The third-order valence-corrected chi connectivity index (χ3v) is 8.67. The number of aliphatic imine (C=N–C) groups is 2. The van der Waals surface area contributed by atoms with E-state index in [4.69, 9.17) is 25.2 Å². The third-order valence-electron chi connectivity index (χ3n) is 8.67. The molecule has 0 radical (unpaired) electrons. The fourth-order valence-electron chi connectivity index (χ4n) is 5.86. The normalized spacial score (nSPS) is 12.7. The molecular formula is C42H59N3O4. The molecule has 3 aromatic carbocycles. The fraction of sp³-hybridized carbons (Fsp3) is 0.476. The highest BCUT2D eigenvalue weighted by atomic mass is 16.5. The molecule has 3 aromatic rings. The van der Waals surface area contributed by atoms with Crippen LogP contribution in [0.15, 0.2) is 71.2 Å². The van der Waals surface area contributed by atoms with Gasteiger partial charge in [0.2, 0.25) is 0 Å². The molecule has 49 heavy (non-hydrogen) atoms. The number of nitrogens with two attached hydrogens (primary N) is 1. The average Bonchev–Trinajstić information content (AvgIpc) is 3.05. The Morgan fingerprint density at radius 3 is 1.84 bits per heavy atom. The highest BCUT2D eigenvalue weighted by Crippen LogP contribution is 2.28. The van der Waals surface area contributed by atoms with Gasteiger partial charge >= 0.3 is 0 Å². The van der Waals surface area contributed by atoms with E-state index in [9.17, 15) is 10.2 Å². The number of ether oxygens (including phenoxy) is 2. The largest absolute Gasteiger partial charge is 0.507 e. The number of nitrogens with zero attached hydrogens (tertiary/aromatic N) is 2. The van der Waals surface area contributed by atoms with Crippen LogP contribution in [0, 0.1) is 27.7 Å². The van der Waals surface area contributed by atoms with Crippen LogP contribution in [0.2, 0.25) is 0 Å². The van der Waals surface area contributed by atoms with Gasteiger partial charge in [-0.25, -0.2) is 9.98 Å². The Bertz CT molecular complexity index is 1540. The van der Waals surface area contributed by atoms with E-state index in [2.05, 4.69) is 19.6 Å². The van der Waals surface area contributed by atoms with Crippen LogP contribution in [-0.4, -0.2) is 47.8 Å². The molecule has 7 nitrogen and oxygen atoms in total. The number of aliphatic hydroxyl groups is 1. The molecular weight excluding hydrogens is 610 g/mol. The second-order valence-electron chi connectivity index (χ2n) is 13.3. The van der Waals surface area contributed by atoms with Gasteiger partial charge in [0.05, 0.1) is 17.9 Å². The van der Waals surface area contributed by atoms with Gasteiger partial charge in [-0.15, -0.1) is 0 Å². The lowest BCUT2D eigenvalue weighted by Gasteiger charge is -2.14. The summed E-state index contributed by atoms with van der Waals surface area (Å²) < 4.78 is 11.5. The van der Waals surface area contributed by atoms with Crippen molar-refractivity contribution in [1.82, 2.24) is 0 Å². The van der Waals surface area contributed by atoms with Gasteiger partial charge in [0.15, 0.2) is 5.84 Å². The van der Waals surface area contributed by atoms with Crippen LogP contribution in [0.25, 0.3) is 5.70 Å². The molecule has 4 N–H and O–H groups in total. The number of aliphatic hydroxyl groups excluding tert-OH is 1. The number of hydrogen-bond donors (Lipinski definition) is 3. The quantitative estimate of drug-likeness (QED) is 0.0595. The standard InChI is InChI=1S/C42H59N3O4/c1-7-8-9-10-11-12-13-14-15-16-17-24-48-28-35(46)29-49-36-20-23-39(40(47)27-36)42(44-34(6)37-21-18-30(2)25-32(37)4)45-41(43)38-22-19-31(3)26-33(38)5/h18-23,25-27,35,46-47H,6-17,24,28-29H2,1-5H3,(H2,43,44,45). The smallest absolute Gasteiger partial charge is 0.165 e. The first-order chi connectivity index (χ1) is 23.6. The summed E-state index contributed by atoms with van der Waals surface area (Å²) in [6.07, 6.45) is 13.3. The van der Waals surface area contributed by atoms with Crippen LogP contribution in [0.1, 0.15) is 116 Å². The molecule has 0 amide bonds. The van der Waals surface area contributed by atoms with Crippen molar-refractivity contribution in [2.45, 2.75) is 111 Å². The van der Waals surface area contributed by atoms with Crippen molar-refractivity contribution in [3.8, 4) is 11.5 Å². The van der Waals surface area contributed by atoms with E-state index in [1.807, 2.05) is 58.0 Å². The molecule has 0 fully saturated rings. The average molecular weight is 670 g/mol. The highest BCUT2D eigenvalue weighted by Gasteiger charge is 2.15. The topological polar surface area (TPSA) is 110 Å². The lowest BCUT2D eigenvalue weighted by atomic mass is 10.0. The predicted molar refractivity (Wildman–Crippen MR) is 205 cm³/mol. The van der Waals surface area contributed by atoms with Crippen LogP contribution in [-0.2, 0) is 4.74 Å². The van der Waals surface area contributed by atoms with Crippen LogP contribution < -0.4 is 10.5 Å². The first kappa shape index (κ1) is 39.5. The summed E-state index contributed by atoms with van der Waals surface area (Å²) in [7, 11) is 0. The summed E-state index contributed by atoms with van der Waals surface area (Å²) >= 11 is 0. The van der Waals surface area contributed by atoms with Crippen molar-refractivity contribution in [3.63, 3.8) is 0 Å². The molecule has 0 saturated carbocycles. The molecule has 0 heterocycles. The van der Waals surface area contributed by atoms with Crippen LogP contribution in [0.5, 0.6) is 11.5 Å². The number of aryl methyl sites for hydroxylation is 4. The molecule has 3 rings (SSSR count).